The van der Waals surface area contributed by atoms with Crippen molar-refractivity contribution in [2.45, 2.75) is 19.9 Å². The molecular weight excluding hydrogens is 208 g/mol. The summed E-state index contributed by atoms with van der Waals surface area (Å²) >= 11 is 0. The van der Waals surface area contributed by atoms with Gasteiger partial charge >= 0.3 is 0 Å². The van der Waals surface area contributed by atoms with Gasteiger partial charge in [0.1, 0.15) is 0 Å². The van der Waals surface area contributed by atoms with E-state index in [-0.39, 0.29) is 0 Å². The minimum atomic E-state index is 0.416. The molecule has 0 aliphatic rings. The van der Waals surface area contributed by atoms with E-state index in [1.165, 1.54) is 16.5 Å². The molecule has 0 bridgehead atoms. The van der Waals surface area contributed by atoms with E-state index in [4.69, 9.17) is 0 Å². The summed E-state index contributed by atoms with van der Waals surface area (Å²) in [5.41, 5.74) is 2.57. The van der Waals surface area contributed by atoms with Crippen LogP contribution in [0.25, 0.3) is 17.0 Å². The molecule has 0 spiro atoms. The van der Waals surface area contributed by atoms with Gasteiger partial charge in [-0.1, -0.05) is 37.3 Å². The predicted molar refractivity (Wildman–Crippen MR) is 75.1 cm³/mol. The van der Waals surface area contributed by atoms with Crippen molar-refractivity contribution in [2.24, 2.45) is 7.05 Å². The summed E-state index contributed by atoms with van der Waals surface area (Å²) in [4.78, 5) is 0. The maximum Gasteiger partial charge on any atom is 0.0483 e. The Morgan fingerprint density at radius 3 is 2.88 bits per heavy atom. The highest BCUT2D eigenvalue weighted by Gasteiger charge is 2.02. The van der Waals surface area contributed by atoms with Gasteiger partial charge in [0, 0.05) is 30.2 Å². The minimum absolute atomic E-state index is 0.416. The maximum atomic E-state index is 3.38. The molecular formula is C15H20N2. The summed E-state index contributed by atoms with van der Waals surface area (Å²) in [5.74, 6) is 0. The van der Waals surface area contributed by atoms with Crippen LogP contribution in [0.15, 0.2) is 36.5 Å². The predicted octanol–water partition coefficient (Wildman–Crippen LogP) is 3.19. The van der Waals surface area contributed by atoms with E-state index < -0.39 is 0 Å². The summed E-state index contributed by atoms with van der Waals surface area (Å²) < 4.78 is 2.17. The molecule has 0 radical (unpaired) electrons. The van der Waals surface area contributed by atoms with Gasteiger partial charge in [0.05, 0.1) is 0 Å². The van der Waals surface area contributed by atoms with Crippen molar-refractivity contribution in [3.63, 3.8) is 0 Å². The summed E-state index contributed by atoms with van der Waals surface area (Å²) in [7, 11) is 2.09. The van der Waals surface area contributed by atoms with E-state index in [0.717, 1.165) is 6.54 Å². The van der Waals surface area contributed by atoms with Gasteiger partial charge in [-0.15, -0.1) is 0 Å². The second kappa shape index (κ2) is 5.19. The Kier molecular flexibility index (Phi) is 3.64. The van der Waals surface area contributed by atoms with Crippen molar-refractivity contribution in [1.82, 2.24) is 9.88 Å². The molecule has 1 N–H and O–H groups in total. The van der Waals surface area contributed by atoms with Crippen molar-refractivity contribution in [2.75, 3.05) is 6.54 Å². The lowest BCUT2D eigenvalue weighted by molar-refractivity contribution is 0.663. The fourth-order valence-electron chi connectivity index (χ4n) is 2.14. The van der Waals surface area contributed by atoms with E-state index in [0.29, 0.717) is 6.04 Å². The Morgan fingerprint density at radius 2 is 2.12 bits per heavy atom. The van der Waals surface area contributed by atoms with Crippen molar-refractivity contribution in [3.05, 3.63) is 42.1 Å². The smallest absolute Gasteiger partial charge is 0.0483 e. The molecule has 0 amide bonds. The van der Waals surface area contributed by atoms with Crippen LogP contribution in [-0.2, 0) is 7.05 Å². The average Bonchev–Trinajstić information content (AvgIpc) is 2.65. The summed E-state index contributed by atoms with van der Waals surface area (Å²) in [5, 5.41) is 4.69. The highest BCUT2D eigenvalue weighted by Crippen LogP contribution is 2.21. The molecule has 2 rings (SSSR count). The fraction of sp³-hybridized carbons (Fsp3) is 0.333. The molecule has 0 fully saturated rings. The van der Waals surface area contributed by atoms with Crippen LogP contribution >= 0.6 is 0 Å². The number of likely N-dealkylation sites (N-methyl/N-ethyl adjacent to an activating group) is 1. The van der Waals surface area contributed by atoms with Crippen LogP contribution in [0.5, 0.6) is 0 Å². The lowest BCUT2D eigenvalue weighted by Gasteiger charge is -2.05. The van der Waals surface area contributed by atoms with Gasteiger partial charge in [-0.05, 0) is 25.1 Å². The van der Waals surface area contributed by atoms with E-state index >= 15 is 0 Å². The third-order valence-corrected chi connectivity index (χ3v) is 3.02. The Bertz CT molecular complexity index is 523. The van der Waals surface area contributed by atoms with Crippen LogP contribution in [0.2, 0.25) is 0 Å². The second-order valence-electron chi connectivity index (χ2n) is 4.42. The molecule has 0 saturated heterocycles. The first-order valence-electron chi connectivity index (χ1n) is 6.18. The van der Waals surface area contributed by atoms with Crippen LogP contribution < -0.4 is 5.32 Å². The zero-order valence-corrected chi connectivity index (χ0v) is 10.8. The van der Waals surface area contributed by atoms with Crippen LogP contribution in [0.4, 0.5) is 0 Å². The van der Waals surface area contributed by atoms with Crippen molar-refractivity contribution in [1.29, 1.82) is 0 Å². The van der Waals surface area contributed by atoms with E-state index in [9.17, 15) is 0 Å². The second-order valence-corrected chi connectivity index (χ2v) is 4.42. The summed E-state index contributed by atoms with van der Waals surface area (Å²) in [6.07, 6.45) is 6.60. The molecule has 1 aromatic heterocycles. The number of rotatable bonds is 4. The monoisotopic (exact) mass is 228 g/mol. The third kappa shape index (κ3) is 2.59. The highest BCUT2D eigenvalue weighted by atomic mass is 14.9. The first-order valence-corrected chi connectivity index (χ1v) is 6.18. The largest absolute Gasteiger partial charge is 0.350 e. The molecule has 2 aromatic rings. The molecule has 2 nitrogen and oxygen atoms in total. The number of hydrogen-bond acceptors (Lipinski definition) is 1. The van der Waals surface area contributed by atoms with E-state index in [1.807, 2.05) is 0 Å². The number of fused-ring (bicyclic) bond motifs is 1. The lowest BCUT2D eigenvalue weighted by Crippen LogP contribution is -2.22. The van der Waals surface area contributed by atoms with Crippen LogP contribution in [-0.4, -0.2) is 17.2 Å². The molecule has 0 aliphatic heterocycles. The van der Waals surface area contributed by atoms with Gasteiger partial charge in [-0.25, -0.2) is 0 Å². The van der Waals surface area contributed by atoms with Crippen molar-refractivity contribution in [3.8, 4) is 0 Å². The fourth-order valence-corrected chi connectivity index (χ4v) is 2.14. The first kappa shape index (κ1) is 11.9. The van der Waals surface area contributed by atoms with Gasteiger partial charge in [-0.2, -0.15) is 0 Å². The number of benzene rings is 1. The number of aromatic nitrogens is 1. The summed E-state index contributed by atoms with van der Waals surface area (Å²) in [6.45, 7) is 5.30. The van der Waals surface area contributed by atoms with Crippen molar-refractivity contribution < 1.29 is 0 Å². The quantitative estimate of drug-likeness (QED) is 0.850. The molecule has 1 atom stereocenters. The van der Waals surface area contributed by atoms with E-state index in [1.54, 1.807) is 0 Å². The maximum absolute atomic E-state index is 3.38. The van der Waals surface area contributed by atoms with Gasteiger partial charge in [-0.3, -0.25) is 0 Å². The molecule has 0 aliphatic carbocycles. The lowest BCUT2D eigenvalue weighted by atomic mass is 10.1. The minimum Gasteiger partial charge on any atom is -0.350 e. The summed E-state index contributed by atoms with van der Waals surface area (Å²) in [6, 6.07) is 8.91. The number of nitrogens with zero attached hydrogens (tertiary/aromatic N) is 1. The number of nitrogens with one attached hydrogen (secondary N) is 1. The normalized spacial score (nSPS) is 13.6. The van der Waals surface area contributed by atoms with Crippen molar-refractivity contribution >= 4 is 17.0 Å². The Balaban J connectivity index is 2.30. The first-order chi connectivity index (χ1) is 8.22. The van der Waals surface area contributed by atoms with Gasteiger partial charge in [0.15, 0.2) is 0 Å². The molecule has 0 saturated carbocycles. The Morgan fingerprint density at radius 1 is 1.35 bits per heavy atom. The molecule has 17 heavy (non-hydrogen) atoms. The molecule has 2 heteroatoms. The molecule has 1 aromatic carbocycles. The third-order valence-electron chi connectivity index (χ3n) is 3.02. The number of para-hydroxylation sites is 1. The van der Waals surface area contributed by atoms with Gasteiger partial charge in [0.2, 0.25) is 0 Å². The molecule has 1 unspecified atom stereocenters. The Labute approximate surface area is 103 Å². The average molecular weight is 228 g/mol. The molecule has 90 valence electrons. The SMILES string of the molecule is CCNC(C)/C=C/c1cn(C)c2ccccc12. The highest BCUT2D eigenvalue weighted by molar-refractivity contribution is 5.89. The van der Waals surface area contributed by atoms with Gasteiger partial charge < -0.3 is 9.88 Å². The molecule has 1 heterocycles. The Hall–Kier alpha value is -1.54. The zero-order chi connectivity index (χ0) is 12.3. The van der Waals surface area contributed by atoms with Gasteiger partial charge in [0.25, 0.3) is 0 Å². The number of aryl methyl sites for hydroxylation is 1. The topological polar surface area (TPSA) is 17.0 Å². The standard InChI is InChI=1S/C15H20N2/c1-4-16-12(2)9-10-13-11-17(3)15-8-6-5-7-14(13)15/h5-12,16H,4H2,1-3H3/b10-9+. The van der Waals surface area contributed by atoms with Crippen LogP contribution in [0.3, 0.4) is 0 Å². The van der Waals surface area contributed by atoms with Crippen LogP contribution in [0.1, 0.15) is 19.4 Å². The van der Waals surface area contributed by atoms with E-state index in [2.05, 4.69) is 73.4 Å². The zero-order valence-electron chi connectivity index (χ0n) is 10.8. The van der Waals surface area contributed by atoms with Crippen LogP contribution in [0, 0.1) is 0 Å². The number of hydrogen-bond donors (Lipinski definition) is 1.